The van der Waals surface area contributed by atoms with Crippen molar-refractivity contribution in [2.75, 3.05) is 32.8 Å². The molecule has 1 heterocycles. The van der Waals surface area contributed by atoms with Gasteiger partial charge in [-0.25, -0.2) is 4.79 Å². The Hall–Kier alpha value is -2.24. The molecule has 0 bridgehead atoms. The summed E-state index contributed by atoms with van der Waals surface area (Å²) in [7, 11) is 0. The number of aryl methyl sites for hydroxylation is 2. The minimum Gasteiger partial charge on any atom is -0.493 e. The number of urea groups is 1. The summed E-state index contributed by atoms with van der Waals surface area (Å²) in [5.74, 6) is 0.930. The zero-order valence-electron chi connectivity index (χ0n) is 17.2. The van der Waals surface area contributed by atoms with E-state index in [-0.39, 0.29) is 11.9 Å². The van der Waals surface area contributed by atoms with E-state index in [1.807, 2.05) is 28.9 Å². The highest BCUT2D eigenvalue weighted by Gasteiger charge is 2.25. The molecule has 1 aromatic rings. The van der Waals surface area contributed by atoms with Crippen molar-refractivity contribution in [3.8, 4) is 5.75 Å². The molecule has 1 saturated heterocycles. The van der Waals surface area contributed by atoms with Gasteiger partial charge in [-0.1, -0.05) is 37.0 Å². The van der Waals surface area contributed by atoms with Crippen LogP contribution in [-0.4, -0.2) is 60.6 Å². The fourth-order valence-electron chi connectivity index (χ4n) is 4.04. The van der Waals surface area contributed by atoms with Crippen molar-refractivity contribution in [1.29, 1.82) is 0 Å². The van der Waals surface area contributed by atoms with Crippen LogP contribution in [0.4, 0.5) is 4.79 Å². The van der Waals surface area contributed by atoms with E-state index in [0.717, 1.165) is 24.2 Å². The summed E-state index contributed by atoms with van der Waals surface area (Å²) in [4.78, 5) is 28.5. The molecule has 1 aliphatic heterocycles. The molecule has 2 aliphatic rings. The number of amides is 3. The lowest BCUT2D eigenvalue weighted by Crippen LogP contribution is -2.54. The molecule has 0 aromatic heterocycles. The molecule has 0 spiro atoms. The Morgan fingerprint density at radius 3 is 2.39 bits per heavy atom. The molecule has 1 N–H and O–H groups in total. The molecule has 1 saturated carbocycles. The zero-order chi connectivity index (χ0) is 19.9. The summed E-state index contributed by atoms with van der Waals surface area (Å²) in [5.41, 5.74) is 2.29. The van der Waals surface area contributed by atoms with E-state index < -0.39 is 0 Å². The van der Waals surface area contributed by atoms with Gasteiger partial charge in [-0.15, -0.1) is 0 Å². The van der Waals surface area contributed by atoms with E-state index in [1.54, 1.807) is 0 Å². The first kappa shape index (κ1) is 20.5. The lowest BCUT2D eigenvalue weighted by atomic mass is 9.96. The number of nitrogens with one attached hydrogen (secondary N) is 1. The molecular formula is C22H33N3O3. The Kier molecular flexibility index (Phi) is 7.18. The first-order valence-electron chi connectivity index (χ1n) is 10.6. The fourth-order valence-corrected chi connectivity index (χ4v) is 4.04. The Bertz CT molecular complexity index is 678. The lowest BCUT2D eigenvalue weighted by molar-refractivity contribution is -0.133. The standard InChI is InChI=1S/C22H33N3O3/c1-17-8-9-20(18(2)16-17)28-15-10-21(26)24-11-13-25(14-12-24)22(27)23-19-6-4-3-5-7-19/h8-9,16,19H,3-7,10-15H2,1-2H3,(H,23,27). The highest BCUT2D eigenvalue weighted by atomic mass is 16.5. The number of carbonyl (C=O) groups is 2. The summed E-state index contributed by atoms with van der Waals surface area (Å²) < 4.78 is 5.78. The number of benzene rings is 1. The molecule has 0 unspecified atom stereocenters. The number of hydrogen-bond donors (Lipinski definition) is 1. The molecule has 2 fully saturated rings. The first-order chi connectivity index (χ1) is 13.5. The van der Waals surface area contributed by atoms with Crippen molar-refractivity contribution >= 4 is 11.9 Å². The molecule has 28 heavy (non-hydrogen) atoms. The van der Waals surface area contributed by atoms with Gasteiger partial charge in [-0.05, 0) is 38.3 Å². The summed E-state index contributed by atoms with van der Waals surface area (Å²) in [6, 6.07) is 6.40. The van der Waals surface area contributed by atoms with Gasteiger partial charge in [0.25, 0.3) is 0 Å². The minimum atomic E-state index is 0.0252. The van der Waals surface area contributed by atoms with Crippen LogP contribution in [-0.2, 0) is 4.79 Å². The van der Waals surface area contributed by atoms with E-state index in [9.17, 15) is 9.59 Å². The largest absolute Gasteiger partial charge is 0.493 e. The SMILES string of the molecule is Cc1ccc(OCCC(=O)N2CCN(C(=O)NC3CCCCC3)CC2)c(C)c1. The monoisotopic (exact) mass is 387 g/mol. The Morgan fingerprint density at radius 2 is 1.71 bits per heavy atom. The maximum Gasteiger partial charge on any atom is 0.317 e. The Labute approximate surface area is 168 Å². The maximum atomic E-state index is 12.4. The molecule has 154 valence electrons. The van der Waals surface area contributed by atoms with Crippen LogP contribution >= 0.6 is 0 Å². The van der Waals surface area contributed by atoms with Gasteiger partial charge in [0.2, 0.25) is 5.91 Å². The van der Waals surface area contributed by atoms with E-state index in [2.05, 4.69) is 18.3 Å². The quantitative estimate of drug-likeness (QED) is 0.844. The molecule has 3 rings (SSSR count). The molecule has 3 amide bonds. The normalized spacial score (nSPS) is 18.1. The van der Waals surface area contributed by atoms with Crippen LogP contribution in [0.15, 0.2) is 18.2 Å². The number of rotatable bonds is 5. The predicted molar refractivity (Wildman–Crippen MR) is 110 cm³/mol. The first-order valence-corrected chi connectivity index (χ1v) is 10.6. The maximum absolute atomic E-state index is 12.4. The molecule has 6 heteroatoms. The van der Waals surface area contributed by atoms with Gasteiger partial charge < -0.3 is 19.9 Å². The van der Waals surface area contributed by atoms with Gasteiger partial charge in [-0.2, -0.15) is 0 Å². The minimum absolute atomic E-state index is 0.0252. The average molecular weight is 388 g/mol. The van der Waals surface area contributed by atoms with Gasteiger partial charge in [0.15, 0.2) is 0 Å². The lowest BCUT2D eigenvalue weighted by Gasteiger charge is -2.36. The van der Waals surface area contributed by atoms with Crippen molar-refractivity contribution in [2.24, 2.45) is 0 Å². The number of ether oxygens (including phenoxy) is 1. The van der Waals surface area contributed by atoms with Crippen molar-refractivity contribution in [3.05, 3.63) is 29.3 Å². The molecule has 0 radical (unpaired) electrons. The smallest absolute Gasteiger partial charge is 0.317 e. The highest BCUT2D eigenvalue weighted by Crippen LogP contribution is 2.19. The zero-order valence-corrected chi connectivity index (χ0v) is 17.2. The summed E-state index contributed by atoms with van der Waals surface area (Å²) >= 11 is 0. The third-order valence-corrected chi connectivity index (χ3v) is 5.76. The van der Waals surface area contributed by atoms with Crippen LogP contribution in [0.2, 0.25) is 0 Å². The summed E-state index contributed by atoms with van der Waals surface area (Å²) in [6.07, 6.45) is 6.23. The molecular weight excluding hydrogens is 354 g/mol. The summed E-state index contributed by atoms with van der Waals surface area (Å²) in [5, 5.41) is 3.16. The van der Waals surface area contributed by atoms with Crippen LogP contribution in [0, 0.1) is 13.8 Å². The number of hydrogen-bond acceptors (Lipinski definition) is 3. The van der Waals surface area contributed by atoms with E-state index in [1.165, 1.54) is 24.8 Å². The Balaban J connectivity index is 1.36. The fraction of sp³-hybridized carbons (Fsp3) is 0.636. The van der Waals surface area contributed by atoms with E-state index >= 15 is 0 Å². The third-order valence-electron chi connectivity index (χ3n) is 5.76. The predicted octanol–water partition coefficient (Wildman–Crippen LogP) is 3.26. The number of piperazine rings is 1. The van der Waals surface area contributed by atoms with Crippen LogP contribution in [0.25, 0.3) is 0 Å². The Morgan fingerprint density at radius 1 is 1.04 bits per heavy atom. The number of carbonyl (C=O) groups excluding carboxylic acids is 2. The molecule has 0 atom stereocenters. The average Bonchev–Trinajstić information content (AvgIpc) is 2.70. The van der Waals surface area contributed by atoms with Crippen LogP contribution in [0.3, 0.4) is 0 Å². The molecule has 1 aliphatic carbocycles. The van der Waals surface area contributed by atoms with Gasteiger partial charge in [0.05, 0.1) is 13.0 Å². The highest BCUT2D eigenvalue weighted by molar-refractivity contribution is 5.78. The van der Waals surface area contributed by atoms with E-state index in [0.29, 0.717) is 45.2 Å². The van der Waals surface area contributed by atoms with E-state index in [4.69, 9.17) is 4.74 Å². The number of nitrogens with zero attached hydrogens (tertiary/aromatic N) is 2. The second kappa shape index (κ2) is 9.80. The third kappa shape index (κ3) is 5.63. The van der Waals surface area contributed by atoms with Crippen molar-refractivity contribution in [3.63, 3.8) is 0 Å². The van der Waals surface area contributed by atoms with Crippen LogP contribution in [0.1, 0.15) is 49.7 Å². The molecule has 1 aromatic carbocycles. The van der Waals surface area contributed by atoms with Crippen LogP contribution in [0.5, 0.6) is 5.75 Å². The topological polar surface area (TPSA) is 61.9 Å². The van der Waals surface area contributed by atoms with Crippen molar-refractivity contribution in [1.82, 2.24) is 15.1 Å². The van der Waals surface area contributed by atoms with Crippen LogP contribution < -0.4 is 10.1 Å². The van der Waals surface area contributed by atoms with Crippen molar-refractivity contribution < 1.29 is 14.3 Å². The second-order valence-corrected chi connectivity index (χ2v) is 8.02. The second-order valence-electron chi connectivity index (χ2n) is 8.02. The summed E-state index contributed by atoms with van der Waals surface area (Å²) in [6.45, 7) is 6.84. The van der Waals surface area contributed by atoms with Gasteiger partial charge in [0.1, 0.15) is 5.75 Å². The van der Waals surface area contributed by atoms with Gasteiger partial charge in [-0.3, -0.25) is 4.79 Å². The molecule has 6 nitrogen and oxygen atoms in total. The van der Waals surface area contributed by atoms with Crippen molar-refractivity contribution in [2.45, 2.75) is 58.4 Å². The van der Waals surface area contributed by atoms with Gasteiger partial charge in [0, 0.05) is 32.2 Å². The van der Waals surface area contributed by atoms with Gasteiger partial charge >= 0.3 is 6.03 Å².